The van der Waals surface area contributed by atoms with Gasteiger partial charge in [0.25, 0.3) is 0 Å². The summed E-state index contributed by atoms with van der Waals surface area (Å²) in [5.74, 6) is 1.51. The Morgan fingerprint density at radius 1 is 1.47 bits per heavy atom. The normalized spacial score (nSPS) is 11.3. The molecule has 1 aromatic rings. The molecule has 2 N–H and O–H groups in total. The van der Waals surface area contributed by atoms with Crippen molar-refractivity contribution in [3.8, 4) is 0 Å². The lowest BCUT2D eigenvalue weighted by Crippen LogP contribution is -2.11. The van der Waals surface area contributed by atoms with Crippen LogP contribution in [0.25, 0.3) is 0 Å². The van der Waals surface area contributed by atoms with Crippen molar-refractivity contribution < 1.29 is 4.39 Å². The Bertz CT molecular complexity index is 300. The van der Waals surface area contributed by atoms with Crippen LogP contribution in [-0.4, -0.2) is 27.2 Å². The average Bonchev–Trinajstić information content (AvgIpc) is 2.61. The van der Waals surface area contributed by atoms with Gasteiger partial charge in [0, 0.05) is 11.8 Å². The van der Waals surface area contributed by atoms with Crippen LogP contribution in [0, 0.1) is 0 Å². The molecule has 0 saturated carbocycles. The van der Waals surface area contributed by atoms with Crippen molar-refractivity contribution in [2.24, 2.45) is 5.73 Å². The largest absolute Gasteiger partial charge is 0.324 e. The number of alkyl halides is 1. The summed E-state index contributed by atoms with van der Waals surface area (Å²) in [6.45, 7) is 4.21. The van der Waals surface area contributed by atoms with Crippen molar-refractivity contribution in [1.29, 1.82) is 0 Å². The number of rotatable bonds is 6. The number of hydrogen-bond acceptors (Lipinski definition) is 4. The first kappa shape index (κ1) is 12.4. The molecular weight excluding hydrogens is 215 g/mol. The Morgan fingerprint density at radius 3 is 2.73 bits per heavy atom. The zero-order chi connectivity index (χ0) is 11.3. The lowest BCUT2D eigenvalue weighted by Gasteiger charge is -2.12. The van der Waals surface area contributed by atoms with E-state index in [-0.39, 0.29) is 12.7 Å². The highest BCUT2D eigenvalue weighted by atomic mass is 32.2. The molecule has 0 spiro atoms. The predicted octanol–water partition coefficient (Wildman–Crippen LogP) is 1.77. The summed E-state index contributed by atoms with van der Waals surface area (Å²) in [6.07, 6.45) is 0.549. The van der Waals surface area contributed by atoms with Gasteiger partial charge in [0.15, 0.2) is 5.16 Å². The number of hydrogen-bond donors (Lipinski definition) is 1. The molecule has 0 aliphatic heterocycles. The van der Waals surface area contributed by atoms with Gasteiger partial charge in [0.05, 0.1) is 13.2 Å². The third-order valence-electron chi connectivity index (χ3n) is 1.94. The van der Waals surface area contributed by atoms with Crippen LogP contribution in [0.15, 0.2) is 5.16 Å². The van der Waals surface area contributed by atoms with Crippen LogP contribution in [0.4, 0.5) is 4.39 Å². The van der Waals surface area contributed by atoms with E-state index in [2.05, 4.69) is 24.0 Å². The molecule has 86 valence electrons. The second-order valence-electron chi connectivity index (χ2n) is 3.46. The van der Waals surface area contributed by atoms with Gasteiger partial charge in [-0.05, 0) is 20.3 Å². The van der Waals surface area contributed by atoms with Crippen molar-refractivity contribution in [3.63, 3.8) is 0 Å². The van der Waals surface area contributed by atoms with E-state index in [0.717, 1.165) is 16.7 Å². The first-order valence-electron chi connectivity index (χ1n) is 5.03. The topological polar surface area (TPSA) is 56.7 Å². The summed E-state index contributed by atoms with van der Waals surface area (Å²) in [4.78, 5) is 0. The van der Waals surface area contributed by atoms with Crippen LogP contribution >= 0.6 is 11.8 Å². The first-order chi connectivity index (χ1) is 7.20. The second kappa shape index (κ2) is 6.07. The third kappa shape index (κ3) is 3.17. The summed E-state index contributed by atoms with van der Waals surface area (Å²) < 4.78 is 14.0. The molecule has 0 saturated heterocycles. The summed E-state index contributed by atoms with van der Waals surface area (Å²) in [7, 11) is 0. The van der Waals surface area contributed by atoms with Crippen molar-refractivity contribution in [2.45, 2.75) is 38.0 Å². The molecule has 0 radical (unpaired) electrons. The number of halogens is 1. The van der Waals surface area contributed by atoms with Crippen molar-refractivity contribution in [1.82, 2.24) is 14.8 Å². The maximum absolute atomic E-state index is 12.0. The fourth-order valence-electron chi connectivity index (χ4n) is 1.28. The van der Waals surface area contributed by atoms with Gasteiger partial charge in [-0.25, -0.2) is 0 Å². The Balaban J connectivity index is 2.73. The fourth-order valence-corrected chi connectivity index (χ4v) is 2.27. The van der Waals surface area contributed by atoms with E-state index >= 15 is 0 Å². The van der Waals surface area contributed by atoms with E-state index in [0.29, 0.717) is 13.0 Å². The lowest BCUT2D eigenvalue weighted by molar-refractivity contribution is 0.488. The SMILES string of the molecule is CC(C)n1c(CN)nnc1SCCCF. The molecule has 4 nitrogen and oxygen atoms in total. The maximum atomic E-state index is 12.0. The minimum Gasteiger partial charge on any atom is -0.324 e. The molecule has 0 fully saturated rings. The van der Waals surface area contributed by atoms with Gasteiger partial charge in [0.2, 0.25) is 0 Å². The van der Waals surface area contributed by atoms with E-state index in [9.17, 15) is 4.39 Å². The summed E-state index contributed by atoms with van der Waals surface area (Å²) >= 11 is 1.53. The molecule has 1 aromatic heterocycles. The molecule has 1 heterocycles. The summed E-state index contributed by atoms with van der Waals surface area (Å²) in [5, 5.41) is 8.89. The van der Waals surface area contributed by atoms with Crippen LogP contribution in [0.2, 0.25) is 0 Å². The molecule has 6 heteroatoms. The van der Waals surface area contributed by atoms with Gasteiger partial charge in [-0.3, -0.25) is 4.39 Å². The van der Waals surface area contributed by atoms with Crippen LogP contribution in [-0.2, 0) is 6.54 Å². The van der Waals surface area contributed by atoms with Gasteiger partial charge in [-0.2, -0.15) is 0 Å². The molecule has 0 amide bonds. The van der Waals surface area contributed by atoms with Crippen molar-refractivity contribution >= 4 is 11.8 Å². The molecular formula is C9H17FN4S. The molecule has 1 rings (SSSR count). The smallest absolute Gasteiger partial charge is 0.191 e. The van der Waals surface area contributed by atoms with E-state index in [1.165, 1.54) is 11.8 Å². The standard InChI is InChI=1S/C9H17FN4S/c1-7(2)14-8(6-11)12-13-9(14)15-5-3-4-10/h7H,3-6,11H2,1-2H3. The number of aromatic nitrogens is 3. The van der Waals surface area contributed by atoms with Crippen LogP contribution in [0.1, 0.15) is 32.1 Å². The highest BCUT2D eigenvalue weighted by Gasteiger charge is 2.13. The zero-order valence-electron chi connectivity index (χ0n) is 9.11. The average molecular weight is 232 g/mol. The maximum Gasteiger partial charge on any atom is 0.191 e. The monoisotopic (exact) mass is 232 g/mol. The van der Waals surface area contributed by atoms with E-state index in [1.807, 2.05) is 4.57 Å². The molecule has 0 aromatic carbocycles. The number of thioether (sulfide) groups is 1. The Kier molecular flexibility index (Phi) is 5.04. The second-order valence-corrected chi connectivity index (χ2v) is 4.52. The van der Waals surface area contributed by atoms with Gasteiger partial charge < -0.3 is 10.3 Å². The third-order valence-corrected chi connectivity index (χ3v) is 2.97. The minimum absolute atomic E-state index is 0.284. The van der Waals surface area contributed by atoms with E-state index in [1.54, 1.807) is 0 Å². The van der Waals surface area contributed by atoms with Crippen molar-refractivity contribution in [2.75, 3.05) is 12.4 Å². The van der Waals surface area contributed by atoms with Crippen LogP contribution < -0.4 is 5.73 Å². The molecule has 0 atom stereocenters. The van der Waals surface area contributed by atoms with E-state index < -0.39 is 0 Å². The zero-order valence-corrected chi connectivity index (χ0v) is 9.93. The molecule has 0 bridgehead atoms. The van der Waals surface area contributed by atoms with Crippen LogP contribution in [0.5, 0.6) is 0 Å². The highest BCUT2D eigenvalue weighted by molar-refractivity contribution is 7.99. The van der Waals surface area contributed by atoms with E-state index in [4.69, 9.17) is 5.73 Å². The Labute approximate surface area is 93.4 Å². The number of nitrogens with two attached hydrogens (primary N) is 1. The Hall–Kier alpha value is -0.620. The van der Waals surface area contributed by atoms with Gasteiger partial charge in [0.1, 0.15) is 5.82 Å². The van der Waals surface area contributed by atoms with Gasteiger partial charge >= 0.3 is 0 Å². The van der Waals surface area contributed by atoms with Crippen molar-refractivity contribution in [3.05, 3.63) is 5.82 Å². The van der Waals surface area contributed by atoms with Gasteiger partial charge in [-0.15, -0.1) is 10.2 Å². The minimum atomic E-state index is -0.285. The fraction of sp³-hybridized carbons (Fsp3) is 0.778. The Morgan fingerprint density at radius 2 is 2.20 bits per heavy atom. The first-order valence-corrected chi connectivity index (χ1v) is 6.01. The molecule has 0 unspecified atom stereocenters. The van der Waals surface area contributed by atoms with Gasteiger partial charge in [-0.1, -0.05) is 11.8 Å². The summed E-state index contributed by atoms with van der Waals surface area (Å²) in [5.41, 5.74) is 5.56. The van der Waals surface area contributed by atoms with Crippen LogP contribution in [0.3, 0.4) is 0 Å². The quantitative estimate of drug-likeness (QED) is 0.600. The highest BCUT2D eigenvalue weighted by Crippen LogP contribution is 2.21. The number of nitrogens with zero attached hydrogens (tertiary/aromatic N) is 3. The summed E-state index contributed by atoms with van der Waals surface area (Å²) in [6, 6.07) is 0.284. The molecule has 15 heavy (non-hydrogen) atoms. The molecule has 0 aliphatic carbocycles. The molecule has 0 aliphatic rings. The lowest BCUT2D eigenvalue weighted by atomic mass is 10.4. The predicted molar refractivity (Wildman–Crippen MR) is 59.6 cm³/mol.